The third-order valence-electron chi connectivity index (χ3n) is 2.72. The summed E-state index contributed by atoms with van der Waals surface area (Å²) < 4.78 is 28.1. The minimum Gasteiger partial charge on any atom is -0.313 e. The van der Waals surface area contributed by atoms with E-state index in [1.807, 2.05) is 13.8 Å². The van der Waals surface area contributed by atoms with Gasteiger partial charge in [0.15, 0.2) is 0 Å². The van der Waals surface area contributed by atoms with Crippen LogP contribution in [0.4, 0.5) is 8.78 Å². The highest BCUT2D eigenvalue weighted by molar-refractivity contribution is 5.34. The van der Waals surface area contributed by atoms with Gasteiger partial charge < -0.3 is 5.32 Å². The van der Waals surface area contributed by atoms with Gasteiger partial charge >= 0.3 is 0 Å². The van der Waals surface area contributed by atoms with Crippen LogP contribution in [0.1, 0.15) is 18.2 Å². The van der Waals surface area contributed by atoms with Crippen LogP contribution in [0.25, 0.3) is 5.69 Å². The van der Waals surface area contributed by atoms with Crippen LogP contribution in [0.3, 0.4) is 0 Å². The molecule has 0 saturated carbocycles. The molecule has 0 amide bonds. The molecule has 0 aliphatic carbocycles. The van der Waals surface area contributed by atoms with Crippen LogP contribution < -0.4 is 5.32 Å². The van der Waals surface area contributed by atoms with Gasteiger partial charge in [-0.2, -0.15) is 5.10 Å². The van der Waals surface area contributed by atoms with E-state index < -0.39 is 11.6 Å². The number of nitrogens with zero attached hydrogens (tertiary/aromatic N) is 2. The Hall–Kier alpha value is -1.75. The van der Waals surface area contributed by atoms with Crippen LogP contribution in [-0.4, -0.2) is 16.3 Å². The molecule has 96 valence electrons. The van der Waals surface area contributed by atoms with Gasteiger partial charge in [0, 0.05) is 24.4 Å². The summed E-state index contributed by atoms with van der Waals surface area (Å²) in [6.07, 6.45) is 1.72. The minimum atomic E-state index is -0.492. The standard InChI is InChI=1S/C13H15F2N3/c1-3-16-7-10-8-18(17-9(10)2)13-6-11(14)4-5-12(13)15/h4-6,8,16H,3,7H2,1-2H3. The monoisotopic (exact) mass is 251 g/mol. The summed E-state index contributed by atoms with van der Waals surface area (Å²) in [7, 11) is 0. The Balaban J connectivity index is 2.36. The van der Waals surface area contributed by atoms with Gasteiger partial charge in [-0.3, -0.25) is 0 Å². The summed E-state index contributed by atoms with van der Waals surface area (Å²) in [5.74, 6) is -0.971. The van der Waals surface area contributed by atoms with E-state index in [1.54, 1.807) is 6.20 Å². The van der Waals surface area contributed by atoms with Crippen molar-refractivity contribution in [2.24, 2.45) is 0 Å². The van der Waals surface area contributed by atoms with E-state index >= 15 is 0 Å². The number of benzene rings is 1. The molecule has 0 radical (unpaired) electrons. The summed E-state index contributed by atoms with van der Waals surface area (Å²) in [6.45, 7) is 5.37. The molecule has 5 heteroatoms. The number of halogens is 2. The van der Waals surface area contributed by atoms with Crippen LogP contribution in [0, 0.1) is 18.6 Å². The smallest absolute Gasteiger partial charge is 0.149 e. The van der Waals surface area contributed by atoms with Crippen LogP contribution in [0.15, 0.2) is 24.4 Å². The van der Waals surface area contributed by atoms with E-state index in [4.69, 9.17) is 0 Å². The fourth-order valence-electron chi connectivity index (χ4n) is 1.71. The highest BCUT2D eigenvalue weighted by atomic mass is 19.1. The summed E-state index contributed by atoms with van der Waals surface area (Å²) in [5.41, 5.74) is 1.90. The van der Waals surface area contributed by atoms with E-state index in [0.29, 0.717) is 6.54 Å². The van der Waals surface area contributed by atoms with Crippen LogP contribution in [0.2, 0.25) is 0 Å². The Bertz CT molecular complexity index is 549. The van der Waals surface area contributed by atoms with E-state index in [9.17, 15) is 8.78 Å². The SMILES string of the molecule is CCNCc1cn(-c2cc(F)ccc2F)nc1C. The molecule has 0 fully saturated rings. The molecule has 1 N–H and O–H groups in total. The molecule has 2 rings (SSSR count). The van der Waals surface area contributed by atoms with Crippen molar-refractivity contribution in [1.82, 2.24) is 15.1 Å². The highest BCUT2D eigenvalue weighted by Gasteiger charge is 2.10. The van der Waals surface area contributed by atoms with Crippen molar-refractivity contribution in [3.8, 4) is 5.69 Å². The van der Waals surface area contributed by atoms with Crippen LogP contribution in [0.5, 0.6) is 0 Å². The Morgan fingerprint density at radius 2 is 2.11 bits per heavy atom. The van der Waals surface area contributed by atoms with Gasteiger partial charge in [0.05, 0.1) is 5.69 Å². The largest absolute Gasteiger partial charge is 0.313 e. The van der Waals surface area contributed by atoms with E-state index in [-0.39, 0.29) is 5.69 Å². The zero-order valence-electron chi connectivity index (χ0n) is 10.4. The van der Waals surface area contributed by atoms with Crippen molar-refractivity contribution in [2.75, 3.05) is 6.54 Å². The molecule has 0 saturated heterocycles. The summed E-state index contributed by atoms with van der Waals surface area (Å²) in [6, 6.07) is 3.33. The second-order valence-electron chi connectivity index (χ2n) is 4.06. The summed E-state index contributed by atoms with van der Waals surface area (Å²) >= 11 is 0. The Kier molecular flexibility index (Phi) is 3.72. The lowest BCUT2D eigenvalue weighted by atomic mass is 10.2. The molecule has 0 aliphatic heterocycles. The molecule has 1 aromatic heterocycles. The second kappa shape index (κ2) is 5.27. The zero-order valence-corrected chi connectivity index (χ0v) is 10.4. The van der Waals surface area contributed by atoms with Gasteiger partial charge in [-0.05, 0) is 25.6 Å². The van der Waals surface area contributed by atoms with Gasteiger partial charge in [0.1, 0.15) is 17.3 Å². The number of hydrogen-bond acceptors (Lipinski definition) is 2. The molecule has 0 spiro atoms. The molecule has 2 aromatic rings. The summed E-state index contributed by atoms with van der Waals surface area (Å²) in [5, 5.41) is 7.38. The average Bonchev–Trinajstić information content (AvgIpc) is 2.71. The first kappa shape index (κ1) is 12.7. The maximum Gasteiger partial charge on any atom is 0.149 e. The molecular formula is C13H15F2N3. The lowest BCUT2D eigenvalue weighted by Gasteiger charge is -2.02. The highest BCUT2D eigenvalue weighted by Crippen LogP contribution is 2.16. The number of rotatable bonds is 4. The normalized spacial score (nSPS) is 10.9. The molecule has 0 atom stereocenters. The molecule has 3 nitrogen and oxygen atoms in total. The predicted octanol–water partition coefficient (Wildman–Crippen LogP) is 2.57. The zero-order chi connectivity index (χ0) is 13.1. The van der Waals surface area contributed by atoms with Crippen molar-refractivity contribution in [1.29, 1.82) is 0 Å². The average molecular weight is 251 g/mol. The fraction of sp³-hybridized carbons (Fsp3) is 0.308. The number of hydrogen-bond donors (Lipinski definition) is 1. The number of aryl methyl sites for hydroxylation is 1. The first-order chi connectivity index (χ1) is 8.61. The fourth-order valence-corrected chi connectivity index (χ4v) is 1.71. The maximum absolute atomic E-state index is 13.6. The molecule has 1 aromatic carbocycles. The first-order valence-corrected chi connectivity index (χ1v) is 5.83. The lowest BCUT2D eigenvalue weighted by molar-refractivity contribution is 0.586. The summed E-state index contributed by atoms with van der Waals surface area (Å²) in [4.78, 5) is 0. The molecular weight excluding hydrogens is 236 g/mol. The Morgan fingerprint density at radius 1 is 1.33 bits per heavy atom. The molecule has 18 heavy (non-hydrogen) atoms. The molecule has 0 aliphatic rings. The van der Waals surface area contributed by atoms with E-state index in [1.165, 1.54) is 4.68 Å². The van der Waals surface area contributed by atoms with Crippen molar-refractivity contribution < 1.29 is 8.78 Å². The van der Waals surface area contributed by atoms with Gasteiger partial charge in [-0.1, -0.05) is 6.92 Å². The minimum absolute atomic E-state index is 0.126. The molecule has 0 bridgehead atoms. The van der Waals surface area contributed by atoms with Crippen LogP contribution >= 0.6 is 0 Å². The number of aromatic nitrogens is 2. The quantitative estimate of drug-likeness (QED) is 0.905. The Labute approximate surface area is 104 Å². The molecule has 1 heterocycles. The van der Waals surface area contributed by atoms with Crippen LogP contribution in [-0.2, 0) is 6.54 Å². The third-order valence-corrected chi connectivity index (χ3v) is 2.72. The predicted molar refractivity (Wildman–Crippen MR) is 65.6 cm³/mol. The van der Waals surface area contributed by atoms with Crippen molar-refractivity contribution in [2.45, 2.75) is 20.4 Å². The Morgan fingerprint density at radius 3 is 2.83 bits per heavy atom. The first-order valence-electron chi connectivity index (χ1n) is 5.83. The third kappa shape index (κ3) is 2.56. The van der Waals surface area contributed by atoms with Gasteiger partial charge in [0.25, 0.3) is 0 Å². The van der Waals surface area contributed by atoms with E-state index in [2.05, 4.69) is 10.4 Å². The molecule has 0 unspecified atom stereocenters. The number of nitrogens with one attached hydrogen (secondary N) is 1. The lowest BCUT2D eigenvalue weighted by Crippen LogP contribution is -2.11. The maximum atomic E-state index is 13.6. The van der Waals surface area contributed by atoms with Gasteiger partial charge in [0.2, 0.25) is 0 Å². The van der Waals surface area contributed by atoms with Crippen molar-refractivity contribution >= 4 is 0 Å². The topological polar surface area (TPSA) is 29.9 Å². The van der Waals surface area contributed by atoms with Crippen molar-refractivity contribution in [3.63, 3.8) is 0 Å². The van der Waals surface area contributed by atoms with Gasteiger partial charge in [-0.25, -0.2) is 13.5 Å². The van der Waals surface area contributed by atoms with Crippen molar-refractivity contribution in [3.05, 3.63) is 47.3 Å². The second-order valence-corrected chi connectivity index (χ2v) is 4.06. The van der Waals surface area contributed by atoms with Gasteiger partial charge in [-0.15, -0.1) is 0 Å². The van der Waals surface area contributed by atoms with E-state index in [0.717, 1.165) is 36.0 Å².